The van der Waals surface area contributed by atoms with Crippen LogP contribution in [0, 0.1) is 59.2 Å². The van der Waals surface area contributed by atoms with E-state index in [0.717, 1.165) is 69.4 Å². The zero-order valence-corrected chi connectivity index (χ0v) is 31.9. The molecule has 8 nitrogen and oxygen atoms in total. The predicted octanol–water partition coefficient (Wildman–Crippen LogP) is 8.99. The number of ether oxygens (including phenoxy) is 2. The van der Waals surface area contributed by atoms with Crippen molar-refractivity contribution in [1.29, 1.82) is 0 Å². The molecule has 0 saturated carbocycles. The monoisotopic (exact) mass is 767 g/mol. The molecule has 304 valence electrons. The highest BCUT2D eigenvalue weighted by Gasteiger charge is 2.35. The van der Waals surface area contributed by atoms with Gasteiger partial charge in [-0.25, -0.2) is 25.3 Å². The minimum Gasteiger partial charge on any atom is -0.381 e. The van der Waals surface area contributed by atoms with Crippen molar-refractivity contribution in [3.63, 3.8) is 0 Å². The molecule has 49 heavy (non-hydrogen) atoms. The third-order valence-electron chi connectivity index (χ3n) is 9.84. The Morgan fingerprint density at radius 3 is 0.776 bits per heavy atom. The van der Waals surface area contributed by atoms with Crippen LogP contribution in [0.4, 0.5) is 0 Å². The van der Waals surface area contributed by atoms with Gasteiger partial charge >= 0.3 is 0 Å². The summed E-state index contributed by atoms with van der Waals surface area (Å²) in [5.41, 5.74) is 0. The smallest absolute Gasteiger partial charge is 0.150 e. The van der Waals surface area contributed by atoms with Gasteiger partial charge in [0.05, 0.1) is 60.9 Å². The first-order chi connectivity index (χ1) is 20.1. The van der Waals surface area contributed by atoms with E-state index in [1.807, 2.05) is 0 Å². The van der Waals surface area contributed by atoms with Gasteiger partial charge in [0.15, 0.2) is 19.7 Å². The molecule has 0 aromatic rings. The Hall–Kier alpha value is -0.230. The Morgan fingerprint density at radius 1 is 0.367 bits per heavy atom. The molecule has 0 amide bonds. The number of hydrogen-bond acceptors (Lipinski definition) is 8. The molecular formula is C38H86O8S3. The van der Waals surface area contributed by atoms with Gasteiger partial charge < -0.3 is 9.47 Å². The Morgan fingerprint density at radius 2 is 0.633 bits per heavy atom. The summed E-state index contributed by atoms with van der Waals surface area (Å²) in [6.07, 6.45) is 2.62. The molecule has 5 rings (SSSR count). The largest absolute Gasteiger partial charge is 0.381 e. The lowest BCUT2D eigenvalue weighted by atomic mass is 9.91. The van der Waals surface area contributed by atoms with Crippen molar-refractivity contribution in [2.24, 2.45) is 59.2 Å². The quantitative estimate of drug-likeness (QED) is 0.272. The first-order valence-electron chi connectivity index (χ1n) is 16.9. The molecule has 0 aliphatic carbocycles. The van der Waals surface area contributed by atoms with Crippen LogP contribution in [-0.4, -0.2) is 86.2 Å². The maximum Gasteiger partial charge on any atom is 0.150 e. The van der Waals surface area contributed by atoms with E-state index in [2.05, 4.69) is 69.2 Å². The van der Waals surface area contributed by atoms with E-state index in [9.17, 15) is 25.3 Å². The lowest BCUT2D eigenvalue weighted by molar-refractivity contribution is -0.0534. The van der Waals surface area contributed by atoms with Crippen LogP contribution in [0.2, 0.25) is 0 Å². The summed E-state index contributed by atoms with van der Waals surface area (Å²) >= 11 is 0. The molecule has 5 heterocycles. The molecular weight excluding hydrogens is 681 g/mol. The van der Waals surface area contributed by atoms with Crippen LogP contribution in [0.5, 0.6) is 0 Å². The van der Waals surface area contributed by atoms with Crippen molar-refractivity contribution >= 4 is 29.5 Å². The van der Waals surface area contributed by atoms with E-state index in [-0.39, 0.29) is 37.1 Å². The van der Waals surface area contributed by atoms with Crippen molar-refractivity contribution in [3.8, 4) is 0 Å². The Balaban J connectivity index is -0.000000162. The van der Waals surface area contributed by atoms with Crippen LogP contribution in [-0.2, 0) is 39.0 Å². The van der Waals surface area contributed by atoms with E-state index in [1.165, 1.54) is 0 Å². The minimum atomic E-state index is -2.65. The first-order valence-corrected chi connectivity index (χ1v) is 22.4. The van der Waals surface area contributed by atoms with E-state index in [0.29, 0.717) is 70.0 Å². The SMILES string of the molecule is C.C.C.C.C.CC(C)C1CCS(=O)(=O)C1.CC(C)C1CCS(=O)(=O)CC1.CC(C)C1COC1.CC(C)C1COC1.CC(C)C1CS(=O)(=O)C1. The van der Waals surface area contributed by atoms with Crippen LogP contribution >= 0.6 is 0 Å². The molecule has 0 spiro atoms. The molecule has 5 fully saturated rings. The van der Waals surface area contributed by atoms with Crippen molar-refractivity contribution < 1.29 is 34.7 Å². The summed E-state index contributed by atoms with van der Waals surface area (Å²) in [7, 11) is -7.87. The number of sulfone groups is 3. The van der Waals surface area contributed by atoms with E-state index >= 15 is 0 Å². The summed E-state index contributed by atoms with van der Waals surface area (Å²) in [5, 5.41) is 0. The van der Waals surface area contributed by atoms with Crippen LogP contribution in [0.15, 0.2) is 0 Å². The predicted molar refractivity (Wildman–Crippen MR) is 217 cm³/mol. The van der Waals surface area contributed by atoms with Crippen LogP contribution in [0.3, 0.4) is 0 Å². The van der Waals surface area contributed by atoms with Gasteiger partial charge in [-0.1, -0.05) is 106 Å². The van der Waals surface area contributed by atoms with E-state index in [4.69, 9.17) is 9.47 Å². The minimum absolute atomic E-state index is 0. The third kappa shape index (κ3) is 23.9. The van der Waals surface area contributed by atoms with Crippen molar-refractivity contribution in [2.75, 3.05) is 60.9 Å². The zero-order valence-electron chi connectivity index (χ0n) is 29.5. The second kappa shape index (κ2) is 26.5. The first kappa shape index (κ1) is 58.1. The second-order valence-electron chi connectivity index (χ2n) is 15.3. The summed E-state index contributed by atoms with van der Waals surface area (Å²) in [4.78, 5) is 0. The summed E-state index contributed by atoms with van der Waals surface area (Å²) < 4.78 is 75.1. The van der Waals surface area contributed by atoms with Gasteiger partial charge in [0, 0.05) is 11.8 Å². The van der Waals surface area contributed by atoms with Gasteiger partial charge in [-0.3, -0.25) is 0 Å². The molecule has 5 aliphatic rings. The summed E-state index contributed by atoms with van der Waals surface area (Å²) in [5.74, 6) is 9.08. The maximum atomic E-state index is 11.0. The molecule has 0 bridgehead atoms. The van der Waals surface area contributed by atoms with Gasteiger partial charge in [0.1, 0.15) is 9.84 Å². The topological polar surface area (TPSA) is 121 Å². The van der Waals surface area contributed by atoms with Gasteiger partial charge in [0.25, 0.3) is 0 Å². The average molecular weight is 767 g/mol. The number of hydrogen-bond donors (Lipinski definition) is 0. The molecule has 0 aromatic carbocycles. The van der Waals surface area contributed by atoms with Crippen molar-refractivity contribution in [1.82, 2.24) is 0 Å². The molecule has 0 aromatic heterocycles. The molecule has 1 atom stereocenters. The molecule has 0 N–H and O–H groups in total. The van der Waals surface area contributed by atoms with Gasteiger partial charge in [-0.05, 0) is 66.6 Å². The lowest BCUT2D eigenvalue weighted by Crippen LogP contribution is -2.39. The number of rotatable bonds is 5. The van der Waals surface area contributed by atoms with E-state index in [1.54, 1.807) is 0 Å². The fourth-order valence-electron chi connectivity index (χ4n) is 5.19. The van der Waals surface area contributed by atoms with Crippen LogP contribution < -0.4 is 0 Å². The normalized spacial score (nSPS) is 23.4. The summed E-state index contributed by atoms with van der Waals surface area (Å²) in [6, 6.07) is 0. The molecule has 1 unspecified atom stereocenters. The van der Waals surface area contributed by atoms with E-state index < -0.39 is 29.5 Å². The Kier molecular flexibility index (Phi) is 31.4. The summed E-state index contributed by atoms with van der Waals surface area (Å²) in [6.45, 7) is 25.6. The van der Waals surface area contributed by atoms with Crippen molar-refractivity contribution in [3.05, 3.63) is 0 Å². The third-order valence-corrected chi connectivity index (χ3v) is 15.2. The molecule has 11 heteroatoms. The highest BCUT2D eigenvalue weighted by atomic mass is 32.2. The van der Waals surface area contributed by atoms with Crippen LogP contribution in [0.25, 0.3) is 0 Å². The lowest BCUT2D eigenvalue weighted by Gasteiger charge is -2.29. The van der Waals surface area contributed by atoms with Crippen LogP contribution in [0.1, 0.15) is 126 Å². The molecule has 5 saturated heterocycles. The second-order valence-corrected chi connectivity index (χ2v) is 22.0. The highest BCUT2D eigenvalue weighted by Crippen LogP contribution is 2.27. The fraction of sp³-hybridized carbons (Fsp3) is 1.00. The Bertz CT molecular complexity index is 1080. The standard InChI is InChI=1S/C8H16O2S.C7H14O2S.C6H12O2S.2C6H12O.5CH4/c1-7(2)8-3-5-11(9,10)6-4-8;1-6(2)7-3-4-10(8,9)5-7;1-5(2)6-3-9(7,8)4-6;2*1-5(2)6-3-7-4-6;;;;;/h7-8H,3-6H2,1-2H3;6-7H,3-5H2,1-2H3;5-6H,3-4H2,1-2H3;2*5-6H,3-4H2,1-2H3;5*1H4. The highest BCUT2D eigenvalue weighted by molar-refractivity contribution is 7.92. The molecule has 0 radical (unpaired) electrons. The Labute approximate surface area is 308 Å². The van der Waals surface area contributed by atoms with Gasteiger partial charge in [-0.2, -0.15) is 0 Å². The van der Waals surface area contributed by atoms with Gasteiger partial charge in [-0.15, -0.1) is 0 Å². The maximum absolute atomic E-state index is 11.0. The average Bonchev–Trinajstić information content (AvgIpc) is 3.16. The molecule has 5 aliphatic heterocycles. The zero-order chi connectivity index (χ0) is 33.9. The van der Waals surface area contributed by atoms with Crippen molar-refractivity contribution in [2.45, 2.75) is 126 Å². The van der Waals surface area contributed by atoms with Gasteiger partial charge in [0.2, 0.25) is 0 Å². The fourth-order valence-corrected chi connectivity index (χ4v) is 10.7.